The molecule has 1 amide bonds. The van der Waals surface area contributed by atoms with Crippen LogP contribution in [-0.2, 0) is 4.79 Å². The van der Waals surface area contributed by atoms with Gasteiger partial charge in [0, 0.05) is 10.2 Å². The molecule has 1 rings (SSSR count). The van der Waals surface area contributed by atoms with Crippen molar-refractivity contribution in [3.8, 4) is 0 Å². The standard InChI is InChI=1S/C12H16BrClN2O/c1-7(2)5-11(15)12(17)16-8-3-4-9(13)10(14)6-8/h3-4,6-7,11H,5,15H2,1-2H3,(H,16,17)/t11-/m1/s1. The second-order valence-corrected chi connectivity index (χ2v) is 5.62. The lowest BCUT2D eigenvalue weighted by Gasteiger charge is -2.14. The lowest BCUT2D eigenvalue weighted by atomic mass is 10.0. The lowest BCUT2D eigenvalue weighted by Crippen LogP contribution is -2.36. The molecular formula is C12H16BrClN2O. The third kappa shape index (κ3) is 4.66. The molecule has 1 aromatic carbocycles. The quantitative estimate of drug-likeness (QED) is 0.893. The van der Waals surface area contributed by atoms with E-state index in [2.05, 4.69) is 21.2 Å². The Hall–Kier alpha value is -0.580. The predicted molar refractivity (Wildman–Crippen MR) is 75.2 cm³/mol. The van der Waals surface area contributed by atoms with Gasteiger partial charge in [0.25, 0.3) is 0 Å². The molecule has 0 saturated heterocycles. The summed E-state index contributed by atoms with van der Waals surface area (Å²) in [4.78, 5) is 11.8. The molecule has 0 saturated carbocycles. The molecule has 0 spiro atoms. The van der Waals surface area contributed by atoms with Gasteiger partial charge in [-0.3, -0.25) is 4.79 Å². The third-order valence-corrected chi connectivity index (χ3v) is 3.48. The predicted octanol–water partition coefficient (Wildman–Crippen LogP) is 3.41. The molecule has 0 unspecified atom stereocenters. The Bertz CT molecular complexity index is 409. The van der Waals surface area contributed by atoms with Gasteiger partial charge >= 0.3 is 0 Å². The fourth-order valence-corrected chi connectivity index (χ4v) is 1.85. The first kappa shape index (κ1) is 14.5. The summed E-state index contributed by atoms with van der Waals surface area (Å²) in [6, 6.07) is 4.76. The van der Waals surface area contributed by atoms with E-state index >= 15 is 0 Å². The minimum atomic E-state index is -0.488. The lowest BCUT2D eigenvalue weighted by molar-refractivity contribution is -0.117. The number of carbonyl (C=O) groups excluding carboxylic acids is 1. The largest absolute Gasteiger partial charge is 0.325 e. The number of carbonyl (C=O) groups is 1. The Morgan fingerprint density at radius 1 is 1.53 bits per heavy atom. The average Bonchev–Trinajstić information content (AvgIpc) is 2.22. The molecule has 3 N–H and O–H groups in total. The average molecular weight is 320 g/mol. The first-order valence-electron chi connectivity index (χ1n) is 5.41. The van der Waals surface area contributed by atoms with Crippen molar-refractivity contribution in [1.82, 2.24) is 0 Å². The van der Waals surface area contributed by atoms with Gasteiger partial charge in [-0.05, 0) is 46.5 Å². The summed E-state index contributed by atoms with van der Waals surface area (Å²) in [7, 11) is 0. The van der Waals surface area contributed by atoms with Gasteiger partial charge < -0.3 is 11.1 Å². The van der Waals surface area contributed by atoms with E-state index in [1.165, 1.54) is 0 Å². The SMILES string of the molecule is CC(C)C[C@@H](N)C(=O)Nc1ccc(Br)c(Cl)c1. The van der Waals surface area contributed by atoms with Crippen LogP contribution in [0.15, 0.2) is 22.7 Å². The number of rotatable bonds is 4. The number of nitrogens with one attached hydrogen (secondary N) is 1. The van der Waals surface area contributed by atoms with Crippen LogP contribution in [0.25, 0.3) is 0 Å². The van der Waals surface area contributed by atoms with Crippen LogP contribution in [0, 0.1) is 5.92 Å². The van der Waals surface area contributed by atoms with Crippen LogP contribution < -0.4 is 11.1 Å². The van der Waals surface area contributed by atoms with E-state index in [4.69, 9.17) is 17.3 Å². The molecule has 94 valence electrons. The molecule has 5 heteroatoms. The Morgan fingerprint density at radius 3 is 2.71 bits per heavy atom. The first-order valence-corrected chi connectivity index (χ1v) is 6.58. The number of halogens is 2. The highest BCUT2D eigenvalue weighted by Crippen LogP contribution is 2.25. The zero-order valence-corrected chi connectivity index (χ0v) is 12.2. The van der Waals surface area contributed by atoms with E-state index in [9.17, 15) is 4.79 Å². The number of hydrogen-bond donors (Lipinski definition) is 2. The van der Waals surface area contributed by atoms with Crippen molar-refractivity contribution >= 4 is 39.1 Å². The molecule has 0 aromatic heterocycles. The smallest absolute Gasteiger partial charge is 0.241 e. The maximum Gasteiger partial charge on any atom is 0.241 e. The number of benzene rings is 1. The third-order valence-electron chi connectivity index (χ3n) is 2.25. The Kier molecular flexibility index (Phi) is 5.43. The van der Waals surface area contributed by atoms with Crippen molar-refractivity contribution in [3.63, 3.8) is 0 Å². The van der Waals surface area contributed by atoms with Crippen molar-refractivity contribution in [2.45, 2.75) is 26.3 Å². The van der Waals surface area contributed by atoms with Crippen LogP contribution in [0.5, 0.6) is 0 Å². The molecule has 0 aliphatic carbocycles. The van der Waals surface area contributed by atoms with Crippen LogP contribution in [0.4, 0.5) is 5.69 Å². The Labute approximate surface area is 115 Å². The first-order chi connectivity index (χ1) is 7.90. The van der Waals surface area contributed by atoms with E-state index in [1.807, 2.05) is 13.8 Å². The summed E-state index contributed by atoms with van der Waals surface area (Å²) < 4.78 is 0.795. The van der Waals surface area contributed by atoms with Gasteiger partial charge in [-0.1, -0.05) is 25.4 Å². The normalized spacial score (nSPS) is 12.6. The number of anilines is 1. The molecule has 0 aliphatic rings. The summed E-state index contributed by atoms with van der Waals surface area (Å²) >= 11 is 9.22. The number of amides is 1. The van der Waals surface area contributed by atoms with Crippen molar-refractivity contribution < 1.29 is 4.79 Å². The topological polar surface area (TPSA) is 55.1 Å². The molecule has 17 heavy (non-hydrogen) atoms. The van der Waals surface area contributed by atoms with E-state index in [0.29, 0.717) is 23.0 Å². The highest BCUT2D eigenvalue weighted by atomic mass is 79.9. The second-order valence-electron chi connectivity index (χ2n) is 4.35. The van der Waals surface area contributed by atoms with Crippen LogP contribution in [-0.4, -0.2) is 11.9 Å². The van der Waals surface area contributed by atoms with Crippen molar-refractivity contribution in [1.29, 1.82) is 0 Å². The van der Waals surface area contributed by atoms with Gasteiger partial charge in [-0.2, -0.15) is 0 Å². The van der Waals surface area contributed by atoms with Crippen LogP contribution in [0.1, 0.15) is 20.3 Å². The highest BCUT2D eigenvalue weighted by molar-refractivity contribution is 9.10. The maximum atomic E-state index is 11.8. The molecular weight excluding hydrogens is 304 g/mol. The number of nitrogens with two attached hydrogens (primary N) is 1. The fourth-order valence-electron chi connectivity index (χ4n) is 1.42. The van der Waals surface area contributed by atoms with E-state index in [-0.39, 0.29) is 5.91 Å². The highest BCUT2D eigenvalue weighted by Gasteiger charge is 2.15. The fraction of sp³-hybridized carbons (Fsp3) is 0.417. The summed E-state index contributed by atoms with van der Waals surface area (Å²) in [5, 5.41) is 3.30. The summed E-state index contributed by atoms with van der Waals surface area (Å²) in [6.45, 7) is 4.06. The molecule has 0 fully saturated rings. The van der Waals surface area contributed by atoms with Gasteiger partial charge in [0.2, 0.25) is 5.91 Å². The molecule has 3 nitrogen and oxygen atoms in total. The summed E-state index contributed by atoms with van der Waals surface area (Å²) in [6.07, 6.45) is 0.663. The zero-order chi connectivity index (χ0) is 13.0. The molecule has 1 atom stereocenters. The minimum absolute atomic E-state index is 0.183. The van der Waals surface area contributed by atoms with Crippen LogP contribution in [0.2, 0.25) is 5.02 Å². The molecule has 1 aromatic rings. The van der Waals surface area contributed by atoms with Gasteiger partial charge in [0.15, 0.2) is 0 Å². The monoisotopic (exact) mass is 318 g/mol. The van der Waals surface area contributed by atoms with Crippen molar-refractivity contribution in [2.24, 2.45) is 11.7 Å². The van der Waals surface area contributed by atoms with Gasteiger partial charge in [0.1, 0.15) is 0 Å². The molecule has 0 bridgehead atoms. The zero-order valence-electron chi connectivity index (χ0n) is 9.84. The minimum Gasteiger partial charge on any atom is -0.325 e. The van der Waals surface area contributed by atoms with Gasteiger partial charge in [-0.15, -0.1) is 0 Å². The Morgan fingerprint density at radius 2 is 2.18 bits per heavy atom. The van der Waals surface area contributed by atoms with E-state index in [1.54, 1.807) is 18.2 Å². The second kappa shape index (κ2) is 6.38. The van der Waals surface area contributed by atoms with Gasteiger partial charge in [-0.25, -0.2) is 0 Å². The van der Waals surface area contributed by atoms with E-state index < -0.39 is 6.04 Å². The summed E-state index contributed by atoms with van der Waals surface area (Å²) in [5.41, 5.74) is 6.43. The van der Waals surface area contributed by atoms with Crippen LogP contribution in [0.3, 0.4) is 0 Å². The Balaban J connectivity index is 2.64. The van der Waals surface area contributed by atoms with Gasteiger partial charge in [0.05, 0.1) is 11.1 Å². The molecule has 0 heterocycles. The molecule has 0 radical (unpaired) electrons. The summed E-state index contributed by atoms with van der Waals surface area (Å²) in [5.74, 6) is 0.210. The maximum absolute atomic E-state index is 11.8. The number of hydrogen-bond acceptors (Lipinski definition) is 2. The van der Waals surface area contributed by atoms with E-state index in [0.717, 1.165) is 4.47 Å². The van der Waals surface area contributed by atoms with Crippen molar-refractivity contribution in [3.05, 3.63) is 27.7 Å². The molecule has 0 aliphatic heterocycles. The van der Waals surface area contributed by atoms with Crippen LogP contribution >= 0.6 is 27.5 Å². The van der Waals surface area contributed by atoms with Crippen molar-refractivity contribution in [2.75, 3.05) is 5.32 Å².